The highest BCUT2D eigenvalue weighted by molar-refractivity contribution is 7.10. The summed E-state index contributed by atoms with van der Waals surface area (Å²) in [5, 5.41) is 12.5. The Morgan fingerprint density at radius 3 is 2.44 bits per heavy atom. The number of carboxylic acid groups (broad SMARTS) is 1. The molecule has 2 fully saturated rings. The molecule has 6 nitrogen and oxygen atoms in total. The van der Waals surface area contributed by atoms with Crippen LogP contribution in [-0.4, -0.2) is 44.9 Å². The zero-order valence-corrected chi connectivity index (χ0v) is 16.3. The van der Waals surface area contributed by atoms with E-state index in [1.807, 2.05) is 30.9 Å². The number of amides is 1. The number of nitrogens with zero attached hydrogens (tertiary/aromatic N) is 3. The molecule has 1 aliphatic carbocycles. The summed E-state index contributed by atoms with van der Waals surface area (Å²) in [4.78, 5) is 34.8. The lowest BCUT2D eigenvalue weighted by Crippen LogP contribution is -2.39. The van der Waals surface area contributed by atoms with E-state index in [-0.39, 0.29) is 11.8 Å². The highest BCUT2D eigenvalue weighted by atomic mass is 32.1. The predicted octanol–water partition coefficient (Wildman–Crippen LogP) is 3.27. The van der Waals surface area contributed by atoms with Crippen molar-refractivity contribution in [3.63, 3.8) is 0 Å². The first-order chi connectivity index (χ1) is 12.9. The van der Waals surface area contributed by atoms with Crippen molar-refractivity contribution >= 4 is 23.2 Å². The third kappa shape index (κ3) is 3.25. The quantitative estimate of drug-likeness (QED) is 0.873. The molecule has 1 saturated heterocycles. The minimum Gasteiger partial charge on any atom is -0.481 e. The van der Waals surface area contributed by atoms with Gasteiger partial charge in [-0.25, -0.2) is 4.98 Å². The van der Waals surface area contributed by atoms with Crippen molar-refractivity contribution in [2.45, 2.75) is 32.6 Å². The Labute approximate surface area is 162 Å². The molecule has 2 atom stereocenters. The van der Waals surface area contributed by atoms with Crippen molar-refractivity contribution in [3.05, 3.63) is 34.9 Å². The maximum Gasteiger partial charge on any atom is 0.307 e. The molecule has 0 radical (unpaired) electrons. The third-order valence-corrected chi connectivity index (χ3v) is 7.02. The van der Waals surface area contributed by atoms with Gasteiger partial charge >= 0.3 is 5.97 Å². The Bertz CT molecular complexity index is 856. The van der Waals surface area contributed by atoms with Gasteiger partial charge in [-0.3, -0.25) is 14.6 Å². The van der Waals surface area contributed by atoms with Crippen LogP contribution in [0.25, 0.3) is 11.3 Å². The first-order valence-electron chi connectivity index (χ1n) is 9.27. The van der Waals surface area contributed by atoms with Crippen molar-refractivity contribution in [1.29, 1.82) is 0 Å². The Hall–Kier alpha value is -2.28. The maximum absolute atomic E-state index is 12.8. The van der Waals surface area contributed by atoms with E-state index in [0.29, 0.717) is 19.0 Å². The van der Waals surface area contributed by atoms with Gasteiger partial charge in [-0.05, 0) is 30.4 Å². The largest absolute Gasteiger partial charge is 0.481 e. The number of hydrogen-bond acceptors (Lipinski definition) is 5. The monoisotopic (exact) mass is 385 g/mol. The SMILES string of the molecule is CC1(C)[C@H](C(=O)O)[C@@H]1C(=O)N1CCC(c2nc(-c3ccncc3)cs2)CC1. The van der Waals surface area contributed by atoms with Gasteiger partial charge in [0.25, 0.3) is 0 Å². The first-order valence-corrected chi connectivity index (χ1v) is 10.1. The number of thiazole rings is 1. The zero-order valence-electron chi connectivity index (χ0n) is 15.5. The standard InChI is InChI=1S/C20H23N3O3S/c1-20(2)15(16(20)19(25)26)18(24)23-9-5-13(6-10-23)17-22-14(11-27-17)12-3-7-21-8-4-12/h3-4,7-8,11,13,15-16H,5-6,9-10H2,1-2H3,(H,25,26)/t15-,16+/m1/s1. The minimum absolute atomic E-state index is 0.00228. The number of aliphatic carboxylic acids is 1. The molecular formula is C20H23N3O3S. The summed E-state index contributed by atoms with van der Waals surface area (Å²) in [5.41, 5.74) is 1.60. The number of piperidine rings is 1. The molecule has 2 aliphatic rings. The number of hydrogen-bond donors (Lipinski definition) is 1. The molecule has 4 rings (SSSR count). The van der Waals surface area contributed by atoms with Crippen LogP contribution in [0.4, 0.5) is 0 Å². The molecule has 2 aromatic rings. The van der Waals surface area contributed by atoms with Crippen LogP contribution >= 0.6 is 11.3 Å². The molecule has 27 heavy (non-hydrogen) atoms. The summed E-state index contributed by atoms with van der Waals surface area (Å²) in [6.07, 6.45) is 5.28. The van der Waals surface area contributed by atoms with Gasteiger partial charge in [0.15, 0.2) is 0 Å². The molecular weight excluding hydrogens is 362 g/mol. The average Bonchev–Trinajstić information content (AvgIpc) is 3.02. The maximum atomic E-state index is 12.8. The van der Waals surface area contributed by atoms with Crippen LogP contribution in [0.15, 0.2) is 29.9 Å². The summed E-state index contributed by atoms with van der Waals surface area (Å²) < 4.78 is 0. The second kappa shape index (κ2) is 6.71. The third-order valence-electron chi connectivity index (χ3n) is 6.01. The van der Waals surface area contributed by atoms with Crippen LogP contribution in [0.2, 0.25) is 0 Å². The lowest BCUT2D eigenvalue weighted by molar-refractivity contribution is -0.142. The molecule has 1 aliphatic heterocycles. The fourth-order valence-corrected chi connectivity index (χ4v) is 5.23. The van der Waals surface area contributed by atoms with Crippen molar-refractivity contribution in [3.8, 4) is 11.3 Å². The van der Waals surface area contributed by atoms with Crippen LogP contribution in [0, 0.1) is 17.3 Å². The molecule has 142 valence electrons. The molecule has 0 aromatic carbocycles. The second-order valence-electron chi connectivity index (χ2n) is 8.02. The van der Waals surface area contributed by atoms with Crippen molar-refractivity contribution in [2.75, 3.05) is 13.1 Å². The molecule has 2 aromatic heterocycles. The van der Waals surface area contributed by atoms with Gasteiger partial charge < -0.3 is 10.0 Å². The van der Waals surface area contributed by atoms with E-state index in [1.54, 1.807) is 23.7 Å². The van der Waals surface area contributed by atoms with E-state index in [9.17, 15) is 14.7 Å². The number of likely N-dealkylation sites (tertiary alicyclic amines) is 1. The van der Waals surface area contributed by atoms with Gasteiger partial charge in [0.1, 0.15) is 0 Å². The van der Waals surface area contributed by atoms with E-state index >= 15 is 0 Å². The second-order valence-corrected chi connectivity index (χ2v) is 8.91. The Balaban J connectivity index is 1.38. The van der Waals surface area contributed by atoms with Gasteiger partial charge in [0.05, 0.1) is 22.5 Å². The van der Waals surface area contributed by atoms with Crippen molar-refractivity contribution in [2.24, 2.45) is 17.3 Å². The lowest BCUT2D eigenvalue weighted by Gasteiger charge is -2.31. The number of carbonyl (C=O) groups is 2. The average molecular weight is 385 g/mol. The van der Waals surface area contributed by atoms with E-state index in [4.69, 9.17) is 4.98 Å². The fraction of sp³-hybridized carbons (Fsp3) is 0.500. The topological polar surface area (TPSA) is 83.4 Å². The van der Waals surface area contributed by atoms with E-state index in [2.05, 4.69) is 10.4 Å². The van der Waals surface area contributed by atoms with Gasteiger partial charge in [0.2, 0.25) is 5.91 Å². The molecule has 1 amide bonds. The van der Waals surface area contributed by atoms with Crippen LogP contribution in [0.5, 0.6) is 0 Å². The number of aromatic nitrogens is 2. The first kappa shape index (κ1) is 18.1. The van der Waals surface area contributed by atoms with Crippen LogP contribution in [0.1, 0.15) is 37.6 Å². The molecule has 7 heteroatoms. The van der Waals surface area contributed by atoms with E-state index in [1.165, 1.54) is 0 Å². The number of carbonyl (C=O) groups excluding carboxylic acids is 1. The Morgan fingerprint density at radius 1 is 1.19 bits per heavy atom. The molecule has 1 N–H and O–H groups in total. The van der Waals surface area contributed by atoms with Crippen LogP contribution < -0.4 is 0 Å². The van der Waals surface area contributed by atoms with E-state index < -0.39 is 17.3 Å². The number of rotatable bonds is 4. The van der Waals surface area contributed by atoms with Crippen molar-refractivity contribution < 1.29 is 14.7 Å². The van der Waals surface area contributed by atoms with Gasteiger partial charge in [0, 0.05) is 42.3 Å². The van der Waals surface area contributed by atoms with E-state index in [0.717, 1.165) is 29.1 Å². The summed E-state index contributed by atoms with van der Waals surface area (Å²) in [5.74, 6) is -1.44. The fourth-order valence-electron chi connectivity index (χ4n) is 4.23. The Morgan fingerprint density at radius 2 is 1.85 bits per heavy atom. The number of pyridine rings is 1. The Kier molecular flexibility index (Phi) is 4.50. The summed E-state index contributed by atoms with van der Waals surface area (Å²) in [7, 11) is 0. The lowest BCUT2D eigenvalue weighted by atomic mass is 9.96. The molecule has 0 bridgehead atoms. The summed E-state index contributed by atoms with van der Waals surface area (Å²) in [6.45, 7) is 5.09. The zero-order chi connectivity index (χ0) is 19.2. The van der Waals surface area contributed by atoms with Gasteiger partial charge in [-0.15, -0.1) is 11.3 Å². The molecule has 0 spiro atoms. The molecule has 0 unspecified atom stereocenters. The van der Waals surface area contributed by atoms with Crippen LogP contribution in [-0.2, 0) is 9.59 Å². The van der Waals surface area contributed by atoms with Gasteiger partial charge in [-0.1, -0.05) is 13.8 Å². The van der Waals surface area contributed by atoms with Gasteiger partial charge in [-0.2, -0.15) is 0 Å². The highest BCUT2D eigenvalue weighted by Crippen LogP contribution is 2.59. The van der Waals surface area contributed by atoms with Crippen molar-refractivity contribution in [1.82, 2.24) is 14.9 Å². The summed E-state index contributed by atoms with van der Waals surface area (Å²) >= 11 is 1.67. The molecule has 1 saturated carbocycles. The molecule has 3 heterocycles. The predicted molar refractivity (Wildman–Crippen MR) is 102 cm³/mol. The summed E-state index contributed by atoms with van der Waals surface area (Å²) in [6, 6.07) is 3.91. The smallest absolute Gasteiger partial charge is 0.307 e. The number of carboxylic acids is 1. The minimum atomic E-state index is -0.861. The van der Waals surface area contributed by atoms with Crippen LogP contribution in [0.3, 0.4) is 0 Å². The normalized spacial score (nSPS) is 24.6. The highest BCUT2D eigenvalue weighted by Gasteiger charge is 2.66.